The molecule has 0 aromatic heterocycles. The van der Waals surface area contributed by atoms with E-state index in [0.717, 1.165) is 0 Å². The van der Waals surface area contributed by atoms with Crippen LogP contribution >= 0.6 is 23.4 Å². The number of sulfonamides is 1. The molecule has 27 heavy (non-hydrogen) atoms. The lowest BCUT2D eigenvalue weighted by atomic mass is 10.2. The molecule has 5 nitrogen and oxygen atoms in total. The van der Waals surface area contributed by atoms with E-state index < -0.39 is 22.0 Å². The first-order chi connectivity index (χ1) is 12.8. The number of hydrogen-bond acceptors (Lipinski definition) is 4. The monoisotopic (exact) mass is 430 g/mol. The Balaban J connectivity index is 2.07. The third-order valence-corrected chi connectivity index (χ3v) is 6.11. The summed E-state index contributed by atoms with van der Waals surface area (Å²) in [6, 6.07) is 10.5. The van der Waals surface area contributed by atoms with Crippen LogP contribution in [0.5, 0.6) is 0 Å². The van der Waals surface area contributed by atoms with Crippen molar-refractivity contribution in [3.63, 3.8) is 0 Å². The van der Waals surface area contributed by atoms with Crippen molar-refractivity contribution in [1.29, 1.82) is 0 Å². The molecule has 0 aliphatic heterocycles. The number of hydrogen-bond donors (Lipinski definition) is 2. The van der Waals surface area contributed by atoms with Crippen LogP contribution in [0.3, 0.4) is 0 Å². The molecule has 9 heteroatoms. The van der Waals surface area contributed by atoms with E-state index in [2.05, 4.69) is 10.0 Å². The van der Waals surface area contributed by atoms with E-state index in [-0.39, 0.29) is 17.3 Å². The predicted molar refractivity (Wildman–Crippen MR) is 107 cm³/mol. The highest BCUT2D eigenvalue weighted by molar-refractivity contribution is 7.98. The Morgan fingerprint density at radius 2 is 1.78 bits per heavy atom. The Hall–Kier alpha value is -1.61. The number of nitrogens with one attached hydrogen (secondary N) is 2. The van der Waals surface area contributed by atoms with Gasteiger partial charge in [0.2, 0.25) is 15.9 Å². The molecule has 146 valence electrons. The van der Waals surface area contributed by atoms with Crippen LogP contribution in [0.2, 0.25) is 5.02 Å². The van der Waals surface area contributed by atoms with Crippen molar-refractivity contribution in [2.45, 2.75) is 23.9 Å². The number of rotatable bonds is 9. The maximum absolute atomic E-state index is 13.0. The summed E-state index contributed by atoms with van der Waals surface area (Å²) in [4.78, 5) is 12.5. The third kappa shape index (κ3) is 6.80. The molecule has 0 saturated carbocycles. The molecule has 1 amide bonds. The SMILES string of the molecule is CSCCC(NS(=O)(=O)c1ccc(Cl)cc1)C(=O)NCc1ccc(F)cc1. The molecular formula is C18H20ClFN2O3S2. The molecule has 0 aliphatic carbocycles. The Morgan fingerprint density at radius 3 is 2.37 bits per heavy atom. The molecule has 0 spiro atoms. The van der Waals surface area contributed by atoms with Gasteiger partial charge in [-0.25, -0.2) is 12.8 Å². The average Bonchev–Trinajstić information content (AvgIpc) is 2.64. The quantitative estimate of drug-likeness (QED) is 0.640. The highest BCUT2D eigenvalue weighted by Gasteiger charge is 2.25. The fraction of sp³-hybridized carbons (Fsp3) is 0.278. The highest BCUT2D eigenvalue weighted by atomic mass is 35.5. The van der Waals surface area contributed by atoms with Crippen LogP contribution in [0.15, 0.2) is 53.4 Å². The zero-order chi connectivity index (χ0) is 19.9. The van der Waals surface area contributed by atoms with Gasteiger partial charge in [-0.3, -0.25) is 4.79 Å². The Morgan fingerprint density at radius 1 is 1.15 bits per heavy atom. The van der Waals surface area contributed by atoms with Crippen molar-refractivity contribution in [2.24, 2.45) is 0 Å². The number of carbonyl (C=O) groups excluding carboxylic acids is 1. The highest BCUT2D eigenvalue weighted by Crippen LogP contribution is 2.15. The number of amides is 1. The van der Waals surface area contributed by atoms with Crippen molar-refractivity contribution in [3.8, 4) is 0 Å². The smallest absolute Gasteiger partial charge is 0.241 e. The molecule has 1 unspecified atom stereocenters. The minimum atomic E-state index is -3.87. The van der Waals surface area contributed by atoms with Crippen LogP contribution < -0.4 is 10.0 Å². The van der Waals surface area contributed by atoms with E-state index in [1.807, 2.05) is 6.26 Å². The third-order valence-electron chi connectivity index (χ3n) is 3.73. The molecule has 0 radical (unpaired) electrons. The standard InChI is InChI=1S/C18H20ClFN2O3S2/c1-26-11-10-17(18(23)21-12-13-2-6-15(20)7-3-13)22-27(24,25)16-8-4-14(19)5-9-16/h2-9,17,22H,10-12H2,1H3,(H,21,23). The van der Waals surface area contributed by atoms with Gasteiger partial charge in [0.05, 0.1) is 4.90 Å². The van der Waals surface area contributed by atoms with Crippen molar-refractivity contribution in [2.75, 3.05) is 12.0 Å². The van der Waals surface area contributed by atoms with E-state index in [1.165, 1.54) is 48.2 Å². The van der Waals surface area contributed by atoms with Crippen molar-refractivity contribution >= 4 is 39.3 Å². The second kappa shape index (κ2) is 10.1. The second-order valence-corrected chi connectivity index (χ2v) is 8.89. The molecule has 2 aromatic rings. The zero-order valence-corrected chi connectivity index (χ0v) is 17.0. The average molecular weight is 431 g/mol. The van der Waals surface area contributed by atoms with Gasteiger partial charge in [0.25, 0.3) is 0 Å². The van der Waals surface area contributed by atoms with E-state index in [9.17, 15) is 17.6 Å². The Bertz CT molecular complexity index is 859. The summed E-state index contributed by atoms with van der Waals surface area (Å²) in [5.41, 5.74) is 0.717. The lowest BCUT2D eigenvalue weighted by molar-refractivity contribution is -0.122. The van der Waals surface area contributed by atoms with Gasteiger partial charge in [-0.1, -0.05) is 23.7 Å². The van der Waals surface area contributed by atoms with Crippen LogP contribution in [0.25, 0.3) is 0 Å². The fourth-order valence-corrected chi connectivity index (χ4v) is 4.09. The molecule has 2 aromatic carbocycles. The van der Waals surface area contributed by atoms with Crippen LogP contribution in [0.1, 0.15) is 12.0 Å². The first kappa shape index (κ1) is 21.7. The molecular weight excluding hydrogens is 411 g/mol. The Kier molecular flexibility index (Phi) is 8.09. The van der Waals surface area contributed by atoms with E-state index >= 15 is 0 Å². The summed E-state index contributed by atoms with van der Waals surface area (Å²) in [5.74, 6) is -0.192. The number of halogens is 2. The van der Waals surface area contributed by atoms with Gasteiger partial charge < -0.3 is 5.32 Å². The molecule has 0 saturated heterocycles. The number of benzene rings is 2. The number of thioether (sulfide) groups is 1. The van der Waals surface area contributed by atoms with Crippen LogP contribution in [-0.4, -0.2) is 32.4 Å². The van der Waals surface area contributed by atoms with E-state index in [1.54, 1.807) is 12.1 Å². The normalized spacial score (nSPS) is 12.6. The summed E-state index contributed by atoms with van der Waals surface area (Å²) in [5, 5.41) is 3.11. The first-order valence-electron chi connectivity index (χ1n) is 8.11. The van der Waals surface area contributed by atoms with Crippen LogP contribution in [0.4, 0.5) is 4.39 Å². The van der Waals surface area contributed by atoms with Gasteiger partial charge in [-0.2, -0.15) is 16.5 Å². The minimum absolute atomic E-state index is 0.0346. The molecule has 0 bridgehead atoms. The molecule has 2 rings (SSSR count). The van der Waals surface area contributed by atoms with E-state index in [4.69, 9.17) is 11.6 Å². The van der Waals surface area contributed by atoms with Gasteiger partial charge in [0.1, 0.15) is 11.9 Å². The summed E-state index contributed by atoms with van der Waals surface area (Å²) >= 11 is 7.30. The van der Waals surface area contributed by atoms with Crippen molar-refractivity contribution in [3.05, 3.63) is 64.9 Å². The van der Waals surface area contributed by atoms with Gasteiger partial charge in [-0.15, -0.1) is 0 Å². The van der Waals surface area contributed by atoms with Gasteiger partial charge >= 0.3 is 0 Å². The largest absolute Gasteiger partial charge is 0.351 e. The van der Waals surface area contributed by atoms with Crippen LogP contribution in [0, 0.1) is 5.82 Å². The summed E-state index contributed by atoms with van der Waals surface area (Å²) < 4.78 is 40.5. The summed E-state index contributed by atoms with van der Waals surface area (Å²) in [6.45, 7) is 0.178. The maximum atomic E-state index is 13.0. The maximum Gasteiger partial charge on any atom is 0.241 e. The number of carbonyl (C=O) groups is 1. The fourth-order valence-electron chi connectivity index (χ4n) is 2.26. The topological polar surface area (TPSA) is 75.3 Å². The molecule has 2 N–H and O–H groups in total. The molecule has 1 atom stereocenters. The summed E-state index contributed by atoms with van der Waals surface area (Å²) in [6.07, 6.45) is 2.21. The van der Waals surface area contributed by atoms with Crippen molar-refractivity contribution < 1.29 is 17.6 Å². The minimum Gasteiger partial charge on any atom is -0.351 e. The molecule has 0 heterocycles. The van der Waals surface area contributed by atoms with E-state index in [0.29, 0.717) is 22.8 Å². The zero-order valence-electron chi connectivity index (χ0n) is 14.6. The Labute approximate surface area is 167 Å². The second-order valence-electron chi connectivity index (χ2n) is 5.75. The predicted octanol–water partition coefficient (Wildman–Crippen LogP) is 3.20. The summed E-state index contributed by atoms with van der Waals surface area (Å²) in [7, 11) is -3.87. The van der Waals surface area contributed by atoms with Gasteiger partial charge in [0.15, 0.2) is 0 Å². The van der Waals surface area contributed by atoms with Gasteiger partial charge in [-0.05, 0) is 60.4 Å². The van der Waals surface area contributed by atoms with Crippen LogP contribution in [-0.2, 0) is 21.4 Å². The van der Waals surface area contributed by atoms with Gasteiger partial charge in [0, 0.05) is 11.6 Å². The lowest BCUT2D eigenvalue weighted by Gasteiger charge is -2.18. The lowest BCUT2D eigenvalue weighted by Crippen LogP contribution is -2.46. The molecule has 0 fully saturated rings. The van der Waals surface area contributed by atoms with Crippen molar-refractivity contribution in [1.82, 2.24) is 10.0 Å². The molecule has 0 aliphatic rings. The first-order valence-corrected chi connectivity index (χ1v) is 11.4.